The van der Waals surface area contributed by atoms with Crippen molar-refractivity contribution in [2.24, 2.45) is 0 Å². The minimum absolute atomic E-state index is 0.110. The molecule has 3 nitrogen and oxygen atoms in total. The third-order valence-electron chi connectivity index (χ3n) is 1.93. The molecular weight excluding hydrogens is 232 g/mol. The molecule has 2 atom stereocenters. The Morgan fingerprint density at radius 2 is 2.00 bits per heavy atom. The molecule has 70 valence electrons. The molecule has 0 spiro atoms. The number of carbonyl (C=O) groups excluding carboxylic acids is 1. The third-order valence-corrected chi connectivity index (χ3v) is 3.37. The summed E-state index contributed by atoms with van der Waals surface area (Å²) >= 11 is 3.34. The van der Waals surface area contributed by atoms with Crippen LogP contribution in [0, 0.1) is 0 Å². The van der Waals surface area contributed by atoms with E-state index in [4.69, 9.17) is 0 Å². The van der Waals surface area contributed by atoms with Crippen molar-refractivity contribution in [3.63, 3.8) is 0 Å². The number of rotatable bonds is 3. The van der Waals surface area contributed by atoms with Crippen LogP contribution in [0.15, 0.2) is 18.7 Å². The largest absolute Gasteiger partial charge is 0.299 e. The SMILES string of the molecule is CC(=O)C(Br)C(C)c1cncnc1. The van der Waals surface area contributed by atoms with E-state index in [-0.39, 0.29) is 16.5 Å². The summed E-state index contributed by atoms with van der Waals surface area (Å²) in [6.45, 7) is 3.54. The Labute approximate surface area is 85.7 Å². The first kappa shape index (κ1) is 10.3. The Bertz CT molecular complexity index is 289. The highest BCUT2D eigenvalue weighted by Gasteiger charge is 2.20. The molecule has 1 aromatic heterocycles. The molecule has 1 aromatic rings. The molecule has 0 radical (unpaired) electrons. The topological polar surface area (TPSA) is 42.9 Å². The van der Waals surface area contributed by atoms with Crippen LogP contribution in [0.1, 0.15) is 25.3 Å². The van der Waals surface area contributed by atoms with Crippen LogP contribution in [0.2, 0.25) is 0 Å². The van der Waals surface area contributed by atoms with Crippen LogP contribution in [0.5, 0.6) is 0 Å². The summed E-state index contributed by atoms with van der Waals surface area (Å²) in [5, 5.41) is 0. The second-order valence-corrected chi connectivity index (χ2v) is 3.96. The molecular formula is C9H11BrN2O. The molecule has 1 heterocycles. The van der Waals surface area contributed by atoms with Crippen LogP contribution in [-0.4, -0.2) is 20.6 Å². The summed E-state index contributed by atoms with van der Waals surface area (Å²) in [4.78, 5) is 18.7. The lowest BCUT2D eigenvalue weighted by atomic mass is 9.99. The second kappa shape index (κ2) is 4.46. The molecule has 0 aliphatic carbocycles. The van der Waals surface area contributed by atoms with Crippen LogP contribution in [-0.2, 0) is 4.79 Å². The van der Waals surface area contributed by atoms with Crippen LogP contribution in [0.3, 0.4) is 0 Å². The number of nitrogens with zero attached hydrogens (tertiary/aromatic N) is 2. The first-order valence-electron chi connectivity index (χ1n) is 4.02. The number of hydrogen-bond donors (Lipinski definition) is 0. The summed E-state index contributed by atoms with van der Waals surface area (Å²) in [7, 11) is 0. The first-order chi connectivity index (χ1) is 6.13. The standard InChI is InChI=1S/C9H11BrN2O/c1-6(9(10)7(2)13)8-3-11-5-12-4-8/h3-6,9H,1-2H3. The average molecular weight is 243 g/mol. The minimum atomic E-state index is -0.154. The zero-order valence-electron chi connectivity index (χ0n) is 7.57. The summed E-state index contributed by atoms with van der Waals surface area (Å²) in [5.41, 5.74) is 0.972. The third kappa shape index (κ3) is 2.59. The predicted octanol–water partition coefficient (Wildman–Crippen LogP) is 1.93. The molecule has 0 aliphatic rings. The molecule has 13 heavy (non-hydrogen) atoms. The summed E-state index contributed by atoms with van der Waals surface area (Å²) in [6, 6.07) is 0. The van der Waals surface area contributed by atoms with E-state index in [2.05, 4.69) is 25.9 Å². The molecule has 0 N–H and O–H groups in total. The summed E-state index contributed by atoms with van der Waals surface area (Å²) < 4.78 is 0. The Morgan fingerprint density at radius 1 is 1.46 bits per heavy atom. The van der Waals surface area contributed by atoms with E-state index in [0.29, 0.717) is 0 Å². The van der Waals surface area contributed by atoms with Crippen LogP contribution >= 0.6 is 15.9 Å². The Morgan fingerprint density at radius 3 is 2.46 bits per heavy atom. The molecule has 0 aromatic carbocycles. The van der Waals surface area contributed by atoms with Gasteiger partial charge in [-0.3, -0.25) is 4.79 Å². The van der Waals surface area contributed by atoms with Crippen molar-refractivity contribution in [3.8, 4) is 0 Å². The van der Waals surface area contributed by atoms with Gasteiger partial charge in [0, 0.05) is 18.3 Å². The first-order valence-corrected chi connectivity index (χ1v) is 4.94. The molecule has 0 saturated heterocycles. The minimum Gasteiger partial charge on any atom is -0.299 e. The molecule has 0 aliphatic heterocycles. The maximum absolute atomic E-state index is 11.1. The summed E-state index contributed by atoms with van der Waals surface area (Å²) in [6.07, 6.45) is 4.94. The van der Waals surface area contributed by atoms with Crippen LogP contribution in [0.4, 0.5) is 0 Å². The predicted molar refractivity (Wildman–Crippen MR) is 53.8 cm³/mol. The number of carbonyl (C=O) groups is 1. The van der Waals surface area contributed by atoms with Gasteiger partial charge in [-0.2, -0.15) is 0 Å². The molecule has 4 heteroatoms. The smallest absolute Gasteiger partial charge is 0.144 e. The van der Waals surface area contributed by atoms with Crippen molar-refractivity contribution in [2.75, 3.05) is 0 Å². The van der Waals surface area contributed by atoms with Gasteiger partial charge in [-0.15, -0.1) is 0 Å². The van der Waals surface area contributed by atoms with Crippen LogP contribution in [0.25, 0.3) is 0 Å². The lowest BCUT2D eigenvalue weighted by Gasteiger charge is -2.14. The van der Waals surface area contributed by atoms with E-state index in [1.807, 2.05) is 6.92 Å². The van der Waals surface area contributed by atoms with Gasteiger partial charge >= 0.3 is 0 Å². The van der Waals surface area contributed by atoms with Gasteiger partial charge in [-0.1, -0.05) is 22.9 Å². The van der Waals surface area contributed by atoms with Crippen molar-refractivity contribution in [1.29, 1.82) is 0 Å². The van der Waals surface area contributed by atoms with E-state index in [0.717, 1.165) is 5.56 Å². The summed E-state index contributed by atoms with van der Waals surface area (Å²) in [5.74, 6) is 0.232. The number of alkyl halides is 1. The van der Waals surface area contributed by atoms with Crippen molar-refractivity contribution >= 4 is 21.7 Å². The van der Waals surface area contributed by atoms with Gasteiger partial charge in [0.15, 0.2) is 0 Å². The molecule has 2 unspecified atom stereocenters. The van der Waals surface area contributed by atoms with Gasteiger partial charge in [0.2, 0.25) is 0 Å². The van der Waals surface area contributed by atoms with E-state index in [1.165, 1.54) is 6.33 Å². The van der Waals surface area contributed by atoms with Crippen molar-refractivity contribution in [1.82, 2.24) is 9.97 Å². The highest BCUT2D eigenvalue weighted by molar-refractivity contribution is 9.10. The van der Waals surface area contributed by atoms with E-state index in [9.17, 15) is 4.79 Å². The maximum Gasteiger partial charge on any atom is 0.144 e. The number of ketones is 1. The normalized spacial score (nSPS) is 15.0. The van der Waals surface area contributed by atoms with Gasteiger partial charge in [-0.05, 0) is 12.5 Å². The number of aromatic nitrogens is 2. The van der Waals surface area contributed by atoms with Crippen molar-refractivity contribution in [2.45, 2.75) is 24.6 Å². The van der Waals surface area contributed by atoms with Gasteiger partial charge in [0.25, 0.3) is 0 Å². The number of halogens is 1. The quantitative estimate of drug-likeness (QED) is 0.762. The fourth-order valence-corrected chi connectivity index (χ4v) is 1.37. The zero-order chi connectivity index (χ0) is 9.84. The van der Waals surface area contributed by atoms with Crippen molar-refractivity contribution in [3.05, 3.63) is 24.3 Å². The molecule has 0 amide bonds. The van der Waals surface area contributed by atoms with Gasteiger partial charge < -0.3 is 0 Å². The van der Waals surface area contributed by atoms with Gasteiger partial charge in [0.1, 0.15) is 12.1 Å². The monoisotopic (exact) mass is 242 g/mol. The molecule has 0 bridgehead atoms. The highest BCUT2D eigenvalue weighted by Crippen LogP contribution is 2.23. The lowest BCUT2D eigenvalue weighted by molar-refractivity contribution is -0.116. The van der Waals surface area contributed by atoms with Crippen LogP contribution < -0.4 is 0 Å². The second-order valence-electron chi connectivity index (χ2n) is 2.97. The molecule has 1 rings (SSSR count). The van der Waals surface area contributed by atoms with E-state index in [1.54, 1.807) is 19.3 Å². The molecule has 0 saturated carbocycles. The number of hydrogen-bond acceptors (Lipinski definition) is 3. The fraction of sp³-hybridized carbons (Fsp3) is 0.444. The molecule has 0 fully saturated rings. The Hall–Kier alpha value is -0.770. The zero-order valence-corrected chi connectivity index (χ0v) is 9.15. The van der Waals surface area contributed by atoms with E-state index >= 15 is 0 Å². The number of Topliss-reactive ketones (excluding diaryl/α,β-unsaturated/α-hetero) is 1. The van der Waals surface area contributed by atoms with Gasteiger partial charge in [0.05, 0.1) is 4.83 Å². The maximum atomic E-state index is 11.1. The van der Waals surface area contributed by atoms with Gasteiger partial charge in [-0.25, -0.2) is 9.97 Å². The Kier molecular flexibility index (Phi) is 3.54. The fourth-order valence-electron chi connectivity index (χ4n) is 1.07. The Balaban J connectivity index is 2.79. The van der Waals surface area contributed by atoms with E-state index < -0.39 is 0 Å². The average Bonchev–Trinajstić information content (AvgIpc) is 2.17. The van der Waals surface area contributed by atoms with Crippen molar-refractivity contribution < 1.29 is 4.79 Å². The lowest BCUT2D eigenvalue weighted by Crippen LogP contribution is -2.17. The highest BCUT2D eigenvalue weighted by atomic mass is 79.9.